The molecule has 0 bridgehead atoms. The minimum atomic E-state index is -3.78. The SMILES string of the molecule is CC(C)Cc1ccc(-c2ccc(=O)n(-c3ccc(S(N)(=O)=O)cc3)n2)cc1. The summed E-state index contributed by atoms with van der Waals surface area (Å²) >= 11 is 0. The number of sulfonamides is 1. The van der Waals surface area contributed by atoms with E-state index in [4.69, 9.17) is 5.14 Å². The van der Waals surface area contributed by atoms with Gasteiger partial charge in [-0.25, -0.2) is 13.6 Å². The lowest BCUT2D eigenvalue weighted by atomic mass is 10.0. The molecule has 0 spiro atoms. The van der Waals surface area contributed by atoms with Gasteiger partial charge in [-0.05, 0) is 48.2 Å². The first-order valence-electron chi connectivity index (χ1n) is 8.57. The zero-order valence-electron chi connectivity index (χ0n) is 15.2. The average molecular weight is 383 g/mol. The molecular weight excluding hydrogens is 362 g/mol. The van der Waals surface area contributed by atoms with Gasteiger partial charge < -0.3 is 0 Å². The summed E-state index contributed by atoms with van der Waals surface area (Å²) in [5.74, 6) is 0.580. The number of benzene rings is 2. The molecule has 0 atom stereocenters. The second kappa shape index (κ2) is 7.46. The van der Waals surface area contributed by atoms with Crippen LogP contribution in [0.15, 0.2) is 70.4 Å². The van der Waals surface area contributed by atoms with Gasteiger partial charge in [0.2, 0.25) is 10.0 Å². The maximum Gasteiger partial charge on any atom is 0.271 e. The minimum absolute atomic E-state index is 0.0174. The van der Waals surface area contributed by atoms with Crippen LogP contribution in [0.2, 0.25) is 0 Å². The Bertz CT molecular complexity index is 1100. The molecule has 140 valence electrons. The quantitative estimate of drug-likeness (QED) is 0.733. The second-order valence-electron chi connectivity index (χ2n) is 6.80. The van der Waals surface area contributed by atoms with Crippen molar-refractivity contribution >= 4 is 10.0 Å². The maximum atomic E-state index is 12.2. The maximum absolute atomic E-state index is 12.2. The molecule has 0 aliphatic carbocycles. The third-order valence-corrected chi connectivity index (χ3v) is 5.03. The molecule has 0 saturated heterocycles. The van der Waals surface area contributed by atoms with Crippen LogP contribution >= 0.6 is 0 Å². The van der Waals surface area contributed by atoms with Gasteiger partial charge in [-0.3, -0.25) is 4.79 Å². The van der Waals surface area contributed by atoms with Gasteiger partial charge in [-0.2, -0.15) is 9.78 Å². The van der Waals surface area contributed by atoms with Crippen molar-refractivity contribution in [3.05, 3.63) is 76.6 Å². The summed E-state index contributed by atoms with van der Waals surface area (Å²) in [5.41, 5.74) is 2.96. The van der Waals surface area contributed by atoms with Crippen molar-refractivity contribution < 1.29 is 8.42 Å². The van der Waals surface area contributed by atoms with Gasteiger partial charge in [0.05, 0.1) is 16.3 Å². The predicted octanol–water partition coefficient (Wildman–Crippen LogP) is 2.75. The highest BCUT2D eigenvalue weighted by molar-refractivity contribution is 7.89. The summed E-state index contributed by atoms with van der Waals surface area (Å²) in [6.07, 6.45) is 1.00. The molecule has 3 aromatic rings. The number of aromatic nitrogens is 2. The Hall–Kier alpha value is -2.77. The van der Waals surface area contributed by atoms with Crippen molar-refractivity contribution in [2.24, 2.45) is 11.1 Å². The van der Waals surface area contributed by atoms with Gasteiger partial charge in [0.1, 0.15) is 0 Å². The lowest BCUT2D eigenvalue weighted by molar-refractivity contribution is 0.597. The van der Waals surface area contributed by atoms with E-state index >= 15 is 0 Å². The van der Waals surface area contributed by atoms with Crippen LogP contribution in [0.25, 0.3) is 16.9 Å². The number of nitrogens with two attached hydrogens (primary N) is 1. The Morgan fingerprint density at radius 2 is 1.59 bits per heavy atom. The molecule has 0 amide bonds. The number of hydrogen-bond donors (Lipinski definition) is 1. The number of primary sulfonamides is 1. The molecule has 0 aliphatic rings. The molecule has 2 N–H and O–H groups in total. The van der Waals surface area contributed by atoms with Crippen LogP contribution < -0.4 is 10.7 Å². The minimum Gasteiger partial charge on any atom is -0.267 e. The van der Waals surface area contributed by atoms with Crippen LogP contribution in [-0.4, -0.2) is 18.2 Å². The monoisotopic (exact) mass is 383 g/mol. The molecule has 1 aromatic heterocycles. The van der Waals surface area contributed by atoms with E-state index in [9.17, 15) is 13.2 Å². The first kappa shape index (κ1) is 19.0. The summed E-state index contributed by atoms with van der Waals surface area (Å²) in [7, 11) is -3.78. The van der Waals surface area contributed by atoms with E-state index in [0.717, 1.165) is 12.0 Å². The van der Waals surface area contributed by atoms with E-state index in [2.05, 4.69) is 31.1 Å². The Labute approximate surface area is 158 Å². The normalized spacial score (nSPS) is 11.7. The fraction of sp³-hybridized carbons (Fsp3) is 0.200. The molecule has 6 nitrogen and oxygen atoms in total. The Morgan fingerprint density at radius 3 is 2.15 bits per heavy atom. The van der Waals surface area contributed by atoms with Crippen LogP contribution in [0.1, 0.15) is 19.4 Å². The zero-order valence-corrected chi connectivity index (χ0v) is 16.0. The third kappa shape index (κ3) is 4.50. The van der Waals surface area contributed by atoms with Gasteiger partial charge in [0, 0.05) is 11.6 Å². The first-order chi connectivity index (χ1) is 12.7. The predicted molar refractivity (Wildman–Crippen MR) is 105 cm³/mol. The van der Waals surface area contributed by atoms with Crippen molar-refractivity contribution in [3.8, 4) is 16.9 Å². The Morgan fingerprint density at radius 1 is 0.963 bits per heavy atom. The van der Waals surface area contributed by atoms with Crippen molar-refractivity contribution in [2.45, 2.75) is 25.2 Å². The molecule has 0 saturated carbocycles. The van der Waals surface area contributed by atoms with E-state index in [1.54, 1.807) is 6.07 Å². The lowest BCUT2D eigenvalue weighted by Crippen LogP contribution is -2.20. The van der Waals surface area contributed by atoms with Gasteiger partial charge in [-0.15, -0.1) is 0 Å². The molecule has 0 unspecified atom stereocenters. The molecule has 3 rings (SSSR count). The van der Waals surface area contributed by atoms with E-state index in [1.807, 2.05) is 12.1 Å². The van der Waals surface area contributed by atoms with Crippen LogP contribution in [-0.2, 0) is 16.4 Å². The average Bonchev–Trinajstić information content (AvgIpc) is 2.62. The van der Waals surface area contributed by atoms with Gasteiger partial charge in [0.25, 0.3) is 5.56 Å². The van der Waals surface area contributed by atoms with Gasteiger partial charge >= 0.3 is 0 Å². The summed E-state index contributed by atoms with van der Waals surface area (Å²) in [6.45, 7) is 4.35. The van der Waals surface area contributed by atoms with Crippen molar-refractivity contribution in [1.29, 1.82) is 0 Å². The van der Waals surface area contributed by atoms with Gasteiger partial charge in [0.15, 0.2) is 0 Å². The molecule has 0 radical (unpaired) electrons. The number of rotatable bonds is 5. The standard InChI is InChI=1S/C20H21N3O3S/c1-14(2)13-15-3-5-16(6-4-15)19-11-12-20(24)23(22-19)17-7-9-18(10-8-17)27(21,25)26/h3-12,14H,13H2,1-2H3,(H2,21,25,26). The highest BCUT2D eigenvalue weighted by Gasteiger charge is 2.10. The Balaban J connectivity index is 1.96. The van der Waals surface area contributed by atoms with E-state index in [0.29, 0.717) is 17.3 Å². The van der Waals surface area contributed by atoms with Crippen LogP contribution in [0.4, 0.5) is 0 Å². The molecule has 27 heavy (non-hydrogen) atoms. The number of nitrogens with zero attached hydrogens (tertiary/aromatic N) is 2. The molecule has 0 fully saturated rings. The Kier molecular flexibility index (Phi) is 5.25. The first-order valence-corrected chi connectivity index (χ1v) is 10.1. The van der Waals surface area contributed by atoms with Crippen molar-refractivity contribution in [1.82, 2.24) is 9.78 Å². The molecule has 7 heteroatoms. The van der Waals surface area contributed by atoms with Crippen molar-refractivity contribution in [3.63, 3.8) is 0 Å². The highest BCUT2D eigenvalue weighted by Crippen LogP contribution is 2.19. The van der Waals surface area contributed by atoms with Crippen LogP contribution in [0.3, 0.4) is 0 Å². The zero-order chi connectivity index (χ0) is 19.6. The molecular formula is C20H21N3O3S. The summed E-state index contributed by atoms with van der Waals surface area (Å²) in [4.78, 5) is 12.2. The molecule has 1 heterocycles. The van der Waals surface area contributed by atoms with Crippen LogP contribution in [0.5, 0.6) is 0 Å². The number of hydrogen-bond acceptors (Lipinski definition) is 4. The summed E-state index contributed by atoms with van der Waals surface area (Å²) in [6, 6.07) is 16.9. The van der Waals surface area contributed by atoms with E-state index in [1.165, 1.54) is 40.6 Å². The fourth-order valence-corrected chi connectivity index (χ4v) is 3.33. The third-order valence-electron chi connectivity index (χ3n) is 4.10. The van der Waals surface area contributed by atoms with E-state index < -0.39 is 10.0 Å². The fourth-order valence-electron chi connectivity index (χ4n) is 2.81. The van der Waals surface area contributed by atoms with E-state index in [-0.39, 0.29) is 10.5 Å². The topological polar surface area (TPSA) is 95.0 Å². The second-order valence-corrected chi connectivity index (χ2v) is 8.36. The summed E-state index contributed by atoms with van der Waals surface area (Å²) < 4.78 is 24.0. The largest absolute Gasteiger partial charge is 0.271 e. The van der Waals surface area contributed by atoms with Gasteiger partial charge in [-0.1, -0.05) is 38.1 Å². The smallest absolute Gasteiger partial charge is 0.267 e. The lowest BCUT2D eigenvalue weighted by Gasteiger charge is -2.09. The molecule has 2 aromatic carbocycles. The highest BCUT2D eigenvalue weighted by atomic mass is 32.2. The summed E-state index contributed by atoms with van der Waals surface area (Å²) in [5, 5.41) is 9.52. The van der Waals surface area contributed by atoms with Crippen molar-refractivity contribution in [2.75, 3.05) is 0 Å². The van der Waals surface area contributed by atoms with Crippen LogP contribution in [0, 0.1) is 5.92 Å². The molecule has 0 aliphatic heterocycles.